The fourth-order valence-corrected chi connectivity index (χ4v) is 5.03. The van der Waals surface area contributed by atoms with E-state index in [-0.39, 0.29) is 4.90 Å². The summed E-state index contributed by atoms with van der Waals surface area (Å²) in [5, 5.41) is 9.43. The molecule has 0 saturated carbocycles. The molecule has 0 fully saturated rings. The molecule has 5 nitrogen and oxygen atoms in total. The molecule has 108 valence electrons. The summed E-state index contributed by atoms with van der Waals surface area (Å²) in [6.07, 6.45) is 0. The van der Waals surface area contributed by atoms with E-state index in [0.717, 1.165) is 14.6 Å². The van der Waals surface area contributed by atoms with Crippen molar-refractivity contribution in [2.45, 2.75) is 18.7 Å². The van der Waals surface area contributed by atoms with Gasteiger partial charge in [-0.1, -0.05) is 18.2 Å². The van der Waals surface area contributed by atoms with Crippen LogP contribution < -0.4 is 0 Å². The van der Waals surface area contributed by atoms with E-state index >= 15 is 0 Å². The summed E-state index contributed by atoms with van der Waals surface area (Å²) in [7, 11) is -2.52. The molecule has 1 heterocycles. The highest BCUT2D eigenvalue weighted by Gasteiger charge is 2.28. The third-order valence-electron chi connectivity index (χ3n) is 3.06. The standard InChI is InChI=1S/C13H15NO4S2/c1-8-5-4-6-10-12(8)19-9(2)13(10)20(17,18)14(3)7-11(15)16/h4-6H,7H2,1-3H3,(H,15,16). The van der Waals surface area contributed by atoms with Gasteiger partial charge >= 0.3 is 5.97 Å². The second kappa shape index (κ2) is 5.16. The molecule has 7 heteroatoms. The van der Waals surface area contributed by atoms with Gasteiger partial charge in [-0.15, -0.1) is 11.3 Å². The van der Waals surface area contributed by atoms with E-state index in [0.29, 0.717) is 10.3 Å². The van der Waals surface area contributed by atoms with Crippen molar-refractivity contribution >= 4 is 37.4 Å². The fourth-order valence-electron chi connectivity index (χ4n) is 2.11. The lowest BCUT2D eigenvalue weighted by Gasteiger charge is -2.15. The molecule has 0 spiro atoms. The zero-order valence-electron chi connectivity index (χ0n) is 11.4. The topological polar surface area (TPSA) is 74.7 Å². The summed E-state index contributed by atoms with van der Waals surface area (Å²) in [6.45, 7) is 3.12. The predicted molar refractivity (Wildman–Crippen MR) is 78.8 cm³/mol. The minimum atomic E-state index is -3.80. The molecule has 2 aromatic rings. The van der Waals surface area contributed by atoms with Crippen LogP contribution in [-0.2, 0) is 14.8 Å². The van der Waals surface area contributed by atoms with Crippen LogP contribution in [0.15, 0.2) is 23.1 Å². The Morgan fingerprint density at radius 1 is 1.35 bits per heavy atom. The number of likely N-dealkylation sites (N-methyl/N-ethyl adjacent to an activating group) is 1. The van der Waals surface area contributed by atoms with Crippen molar-refractivity contribution in [1.29, 1.82) is 0 Å². The number of aliphatic carboxylic acids is 1. The van der Waals surface area contributed by atoms with Gasteiger partial charge in [-0.3, -0.25) is 4.79 Å². The SMILES string of the molecule is Cc1sc2c(C)cccc2c1S(=O)(=O)N(C)CC(=O)O. The van der Waals surface area contributed by atoms with Crippen LogP contribution in [-0.4, -0.2) is 37.4 Å². The number of carboxylic acid groups (broad SMARTS) is 1. The van der Waals surface area contributed by atoms with Crippen LogP contribution in [0.3, 0.4) is 0 Å². The Labute approximate surface area is 121 Å². The smallest absolute Gasteiger partial charge is 0.318 e. The molecular formula is C13H15NO4S2. The Morgan fingerprint density at radius 2 is 2.00 bits per heavy atom. The van der Waals surface area contributed by atoms with Crippen LogP contribution in [0.4, 0.5) is 0 Å². The number of nitrogens with zero attached hydrogens (tertiary/aromatic N) is 1. The van der Waals surface area contributed by atoms with Crippen LogP contribution in [0.25, 0.3) is 10.1 Å². The maximum atomic E-state index is 12.5. The third-order valence-corrected chi connectivity index (χ3v) is 6.43. The molecule has 0 radical (unpaired) electrons. The lowest BCUT2D eigenvalue weighted by Crippen LogP contribution is -2.32. The quantitative estimate of drug-likeness (QED) is 0.939. The van der Waals surface area contributed by atoms with Crippen LogP contribution in [0.2, 0.25) is 0 Å². The maximum absolute atomic E-state index is 12.5. The molecule has 0 bridgehead atoms. The molecule has 20 heavy (non-hydrogen) atoms. The first-order valence-electron chi connectivity index (χ1n) is 5.92. The van der Waals surface area contributed by atoms with Crippen molar-refractivity contribution in [2.24, 2.45) is 0 Å². The molecule has 0 saturated heterocycles. The van der Waals surface area contributed by atoms with Gasteiger partial charge in [-0.25, -0.2) is 8.42 Å². The highest BCUT2D eigenvalue weighted by atomic mass is 32.2. The van der Waals surface area contributed by atoms with E-state index in [2.05, 4.69) is 0 Å². The summed E-state index contributed by atoms with van der Waals surface area (Å²) in [4.78, 5) is 11.6. The largest absolute Gasteiger partial charge is 0.480 e. The van der Waals surface area contributed by atoms with E-state index in [9.17, 15) is 13.2 Å². The Balaban J connectivity index is 2.66. The first-order valence-corrected chi connectivity index (χ1v) is 8.17. The summed E-state index contributed by atoms with van der Waals surface area (Å²) in [5.41, 5.74) is 1.01. The molecule has 0 unspecified atom stereocenters. The monoisotopic (exact) mass is 313 g/mol. The first-order chi connectivity index (χ1) is 9.25. The van der Waals surface area contributed by atoms with Crippen LogP contribution in [0.5, 0.6) is 0 Å². The summed E-state index contributed by atoms with van der Waals surface area (Å²) < 4.78 is 26.9. The lowest BCUT2D eigenvalue weighted by atomic mass is 10.2. The van der Waals surface area contributed by atoms with Gasteiger partial charge in [0.15, 0.2) is 0 Å². The van der Waals surface area contributed by atoms with Gasteiger partial charge in [0.05, 0.1) is 0 Å². The van der Waals surface area contributed by atoms with Gasteiger partial charge in [-0.2, -0.15) is 4.31 Å². The molecule has 0 amide bonds. The fraction of sp³-hybridized carbons (Fsp3) is 0.308. The average Bonchev–Trinajstić information content (AvgIpc) is 2.66. The average molecular weight is 313 g/mol. The van der Waals surface area contributed by atoms with E-state index in [1.807, 2.05) is 13.0 Å². The van der Waals surface area contributed by atoms with Gasteiger partial charge in [0.1, 0.15) is 11.4 Å². The summed E-state index contributed by atoms with van der Waals surface area (Å²) >= 11 is 1.42. The van der Waals surface area contributed by atoms with E-state index in [1.165, 1.54) is 18.4 Å². The van der Waals surface area contributed by atoms with Gasteiger partial charge in [0, 0.05) is 22.0 Å². The second-order valence-electron chi connectivity index (χ2n) is 4.59. The summed E-state index contributed by atoms with van der Waals surface area (Å²) in [6, 6.07) is 5.49. The summed E-state index contributed by atoms with van der Waals surface area (Å²) in [5.74, 6) is -1.18. The number of hydrogen-bond acceptors (Lipinski definition) is 4. The number of thiophene rings is 1. The predicted octanol–water partition coefficient (Wildman–Crippen LogP) is 2.22. The third kappa shape index (κ3) is 2.44. The van der Waals surface area contributed by atoms with Gasteiger partial charge in [-0.05, 0) is 19.4 Å². The number of sulfonamides is 1. The van der Waals surface area contributed by atoms with Gasteiger partial charge < -0.3 is 5.11 Å². The Bertz CT molecular complexity index is 777. The molecule has 0 aliphatic heterocycles. The number of fused-ring (bicyclic) bond motifs is 1. The number of hydrogen-bond donors (Lipinski definition) is 1. The van der Waals surface area contributed by atoms with Gasteiger partial charge in [0.25, 0.3) is 0 Å². The van der Waals surface area contributed by atoms with E-state index < -0.39 is 22.5 Å². The normalized spacial score (nSPS) is 12.2. The number of rotatable bonds is 4. The van der Waals surface area contributed by atoms with Crippen molar-refractivity contribution in [3.63, 3.8) is 0 Å². The molecular weight excluding hydrogens is 298 g/mol. The van der Waals surface area contributed by atoms with E-state index in [1.54, 1.807) is 19.1 Å². The highest BCUT2D eigenvalue weighted by Crippen LogP contribution is 2.37. The zero-order chi connectivity index (χ0) is 15.1. The Kier molecular flexibility index (Phi) is 3.86. The maximum Gasteiger partial charge on any atom is 0.318 e. The van der Waals surface area contributed by atoms with E-state index in [4.69, 9.17) is 5.11 Å². The van der Waals surface area contributed by atoms with Gasteiger partial charge in [0.2, 0.25) is 10.0 Å². The lowest BCUT2D eigenvalue weighted by molar-refractivity contribution is -0.137. The van der Waals surface area contributed by atoms with Crippen molar-refractivity contribution < 1.29 is 18.3 Å². The van der Waals surface area contributed by atoms with Crippen LogP contribution in [0, 0.1) is 13.8 Å². The molecule has 1 aromatic carbocycles. The minimum absolute atomic E-state index is 0.213. The highest BCUT2D eigenvalue weighted by molar-refractivity contribution is 7.89. The van der Waals surface area contributed by atoms with Crippen molar-refractivity contribution in [2.75, 3.05) is 13.6 Å². The molecule has 1 N–H and O–H groups in total. The number of aryl methyl sites for hydroxylation is 2. The first kappa shape index (κ1) is 15.0. The Morgan fingerprint density at radius 3 is 2.60 bits per heavy atom. The Hall–Kier alpha value is -1.44. The van der Waals surface area contributed by atoms with Crippen LogP contribution in [0.1, 0.15) is 10.4 Å². The number of carbonyl (C=O) groups is 1. The second-order valence-corrected chi connectivity index (χ2v) is 7.80. The van der Waals surface area contributed by atoms with Crippen molar-refractivity contribution in [3.8, 4) is 0 Å². The molecule has 2 rings (SSSR count). The molecule has 0 aliphatic carbocycles. The zero-order valence-corrected chi connectivity index (χ0v) is 13.0. The molecule has 0 aliphatic rings. The van der Waals surface area contributed by atoms with Crippen molar-refractivity contribution in [3.05, 3.63) is 28.6 Å². The molecule has 1 aromatic heterocycles. The number of benzene rings is 1. The minimum Gasteiger partial charge on any atom is -0.480 e. The van der Waals surface area contributed by atoms with Crippen molar-refractivity contribution in [1.82, 2.24) is 4.31 Å². The van der Waals surface area contributed by atoms with Crippen LogP contribution >= 0.6 is 11.3 Å². The number of carboxylic acids is 1. The molecule has 0 atom stereocenters.